The lowest BCUT2D eigenvalue weighted by Crippen LogP contribution is -2.04. The predicted octanol–water partition coefficient (Wildman–Crippen LogP) is 2.88. The van der Waals surface area contributed by atoms with E-state index in [1.54, 1.807) is 12.4 Å². The van der Waals surface area contributed by atoms with Crippen LogP contribution in [0.1, 0.15) is 34.3 Å². The predicted molar refractivity (Wildman–Crippen MR) is 65.8 cm³/mol. The van der Waals surface area contributed by atoms with Gasteiger partial charge in [0, 0.05) is 24.4 Å². The number of nitrogens with zero attached hydrogens (tertiary/aromatic N) is 1. The first-order valence-electron chi connectivity index (χ1n) is 5.73. The van der Waals surface area contributed by atoms with Crippen molar-refractivity contribution in [2.75, 3.05) is 0 Å². The van der Waals surface area contributed by atoms with Crippen molar-refractivity contribution in [1.82, 2.24) is 4.98 Å². The molecule has 0 amide bonds. The van der Waals surface area contributed by atoms with Gasteiger partial charge in [0.2, 0.25) is 0 Å². The molecule has 2 heterocycles. The Kier molecular flexibility index (Phi) is 3.29. The van der Waals surface area contributed by atoms with Crippen LogP contribution in [0.3, 0.4) is 0 Å². The molecule has 2 aromatic rings. The van der Waals surface area contributed by atoms with Crippen molar-refractivity contribution in [3.05, 3.63) is 52.7 Å². The number of hydrogen-bond donors (Lipinski definition) is 1. The van der Waals surface area contributed by atoms with Gasteiger partial charge in [-0.15, -0.1) is 0 Å². The molecule has 0 bridgehead atoms. The van der Waals surface area contributed by atoms with Crippen LogP contribution in [0.25, 0.3) is 0 Å². The fraction of sp³-hybridized carbons (Fsp3) is 0.357. The van der Waals surface area contributed by atoms with E-state index in [1.807, 2.05) is 32.9 Å². The van der Waals surface area contributed by atoms with E-state index in [2.05, 4.69) is 4.98 Å². The summed E-state index contributed by atoms with van der Waals surface area (Å²) in [5, 5.41) is 10.3. The maximum Gasteiger partial charge on any atom is 0.107 e. The fourth-order valence-corrected chi connectivity index (χ4v) is 2.14. The molecule has 0 spiro atoms. The van der Waals surface area contributed by atoms with Gasteiger partial charge in [-0.2, -0.15) is 0 Å². The van der Waals surface area contributed by atoms with Crippen LogP contribution < -0.4 is 0 Å². The highest BCUT2D eigenvalue weighted by Crippen LogP contribution is 2.28. The zero-order valence-corrected chi connectivity index (χ0v) is 10.4. The molecule has 3 heteroatoms. The van der Waals surface area contributed by atoms with Crippen LogP contribution in [0.2, 0.25) is 0 Å². The normalized spacial score (nSPS) is 12.7. The van der Waals surface area contributed by atoms with Gasteiger partial charge in [0.05, 0.1) is 6.10 Å². The van der Waals surface area contributed by atoms with Crippen molar-refractivity contribution in [2.24, 2.45) is 0 Å². The number of aliphatic hydroxyl groups excluding tert-OH is 1. The van der Waals surface area contributed by atoms with Gasteiger partial charge >= 0.3 is 0 Å². The summed E-state index contributed by atoms with van der Waals surface area (Å²) in [5.74, 6) is 1.69. The summed E-state index contributed by atoms with van der Waals surface area (Å²) in [6.07, 6.45) is 3.54. The summed E-state index contributed by atoms with van der Waals surface area (Å²) in [6.45, 7) is 5.80. The van der Waals surface area contributed by atoms with Crippen molar-refractivity contribution < 1.29 is 9.52 Å². The Bertz CT molecular complexity index is 502. The highest BCUT2D eigenvalue weighted by molar-refractivity contribution is 5.34. The second kappa shape index (κ2) is 4.72. The lowest BCUT2D eigenvalue weighted by atomic mass is 9.99. The molecule has 3 nitrogen and oxygen atoms in total. The summed E-state index contributed by atoms with van der Waals surface area (Å²) in [6, 6.07) is 3.83. The maximum atomic E-state index is 10.3. The average molecular weight is 231 g/mol. The van der Waals surface area contributed by atoms with Gasteiger partial charge in [-0.1, -0.05) is 0 Å². The lowest BCUT2D eigenvalue weighted by Gasteiger charge is -2.11. The van der Waals surface area contributed by atoms with Crippen LogP contribution in [0.15, 0.2) is 28.9 Å². The van der Waals surface area contributed by atoms with Crippen molar-refractivity contribution in [1.29, 1.82) is 0 Å². The molecule has 0 aliphatic heterocycles. The summed E-state index contributed by atoms with van der Waals surface area (Å²) in [4.78, 5) is 3.96. The summed E-state index contributed by atoms with van der Waals surface area (Å²) >= 11 is 0. The molecule has 0 aliphatic carbocycles. The van der Waals surface area contributed by atoms with E-state index in [9.17, 15) is 5.11 Å². The molecule has 0 aliphatic rings. The van der Waals surface area contributed by atoms with Gasteiger partial charge in [-0.25, -0.2) is 0 Å². The van der Waals surface area contributed by atoms with Crippen LogP contribution in [-0.2, 0) is 6.42 Å². The quantitative estimate of drug-likeness (QED) is 0.883. The van der Waals surface area contributed by atoms with Crippen LogP contribution in [0, 0.1) is 20.8 Å². The monoisotopic (exact) mass is 231 g/mol. The van der Waals surface area contributed by atoms with Crippen molar-refractivity contribution >= 4 is 0 Å². The number of rotatable bonds is 3. The van der Waals surface area contributed by atoms with Gasteiger partial charge in [0.1, 0.15) is 11.5 Å². The molecule has 90 valence electrons. The first kappa shape index (κ1) is 11.9. The second-order valence-corrected chi connectivity index (χ2v) is 4.33. The molecule has 0 radical (unpaired) electrons. The molecular formula is C14H17NO2. The topological polar surface area (TPSA) is 46.3 Å². The minimum atomic E-state index is -0.519. The highest BCUT2D eigenvalue weighted by atomic mass is 16.3. The van der Waals surface area contributed by atoms with E-state index in [0.29, 0.717) is 6.42 Å². The molecule has 1 atom stereocenters. The first-order valence-corrected chi connectivity index (χ1v) is 5.73. The third-order valence-electron chi connectivity index (χ3n) is 3.13. The minimum Gasteiger partial charge on any atom is -0.466 e. The lowest BCUT2D eigenvalue weighted by molar-refractivity contribution is 0.176. The number of aryl methyl sites for hydroxylation is 2. The van der Waals surface area contributed by atoms with Gasteiger partial charge in [0.15, 0.2) is 0 Å². The fourth-order valence-electron chi connectivity index (χ4n) is 2.14. The number of hydrogen-bond acceptors (Lipinski definition) is 3. The summed E-state index contributed by atoms with van der Waals surface area (Å²) in [5.41, 5.74) is 3.04. The van der Waals surface area contributed by atoms with Crippen LogP contribution in [-0.4, -0.2) is 10.1 Å². The van der Waals surface area contributed by atoms with Gasteiger partial charge < -0.3 is 9.52 Å². The van der Waals surface area contributed by atoms with E-state index in [1.165, 1.54) is 0 Å². The van der Waals surface area contributed by atoms with Crippen molar-refractivity contribution in [3.8, 4) is 0 Å². The standard InChI is InChI=1S/C14H17NO2/c1-9-10(2)17-11(3)14(9)13(16)8-12-4-6-15-7-5-12/h4-7,13,16H,8H2,1-3H3. The Labute approximate surface area is 101 Å². The Morgan fingerprint density at radius 3 is 2.35 bits per heavy atom. The Hall–Kier alpha value is -1.61. The van der Waals surface area contributed by atoms with Gasteiger partial charge in [-0.3, -0.25) is 4.98 Å². The number of pyridine rings is 1. The SMILES string of the molecule is Cc1oc(C)c(C(O)Cc2ccncc2)c1C. The largest absolute Gasteiger partial charge is 0.466 e. The van der Waals surface area contributed by atoms with E-state index in [-0.39, 0.29) is 0 Å². The molecule has 0 aromatic carbocycles. The van der Waals surface area contributed by atoms with E-state index >= 15 is 0 Å². The van der Waals surface area contributed by atoms with Crippen LogP contribution >= 0.6 is 0 Å². The molecule has 17 heavy (non-hydrogen) atoms. The average Bonchev–Trinajstić information content (AvgIpc) is 2.54. The molecular weight excluding hydrogens is 214 g/mol. The van der Waals surface area contributed by atoms with Crippen molar-refractivity contribution in [2.45, 2.75) is 33.3 Å². The molecule has 2 rings (SSSR count). The molecule has 2 aromatic heterocycles. The van der Waals surface area contributed by atoms with Crippen LogP contribution in [0.5, 0.6) is 0 Å². The van der Waals surface area contributed by atoms with Crippen LogP contribution in [0.4, 0.5) is 0 Å². The zero-order chi connectivity index (χ0) is 12.4. The van der Waals surface area contributed by atoms with Gasteiger partial charge in [-0.05, 0) is 44.0 Å². The summed E-state index contributed by atoms with van der Waals surface area (Å²) in [7, 11) is 0. The summed E-state index contributed by atoms with van der Waals surface area (Å²) < 4.78 is 5.53. The Morgan fingerprint density at radius 2 is 1.82 bits per heavy atom. The molecule has 0 saturated heterocycles. The third-order valence-corrected chi connectivity index (χ3v) is 3.13. The molecule has 1 N–H and O–H groups in total. The van der Waals surface area contributed by atoms with E-state index < -0.39 is 6.10 Å². The molecule has 0 fully saturated rings. The molecule has 1 unspecified atom stereocenters. The molecule has 0 saturated carbocycles. The smallest absolute Gasteiger partial charge is 0.107 e. The highest BCUT2D eigenvalue weighted by Gasteiger charge is 2.19. The number of aliphatic hydroxyl groups is 1. The van der Waals surface area contributed by atoms with Crippen molar-refractivity contribution in [3.63, 3.8) is 0 Å². The van der Waals surface area contributed by atoms with E-state index in [4.69, 9.17) is 4.42 Å². The third kappa shape index (κ3) is 2.39. The Morgan fingerprint density at radius 1 is 1.18 bits per heavy atom. The number of furan rings is 1. The van der Waals surface area contributed by atoms with E-state index in [0.717, 1.165) is 28.2 Å². The maximum absolute atomic E-state index is 10.3. The Balaban J connectivity index is 2.23. The first-order chi connectivity index (χ1) is 8.09. The zero-order valence-electron chi connectivity index (χ0n) is 10.4. The number of aromatic nitrogens is 1. The minimum absolute atomic E-state index is 0.519. The van der Waals surface area contributed by atoms with Gasteiger partial charge in [0.25, 0.3) is 0 Å². The second-order valence-electron chi connectivity index (χ2n) is 4.33.